The Labute approximate surface area is 134 Å². The Balaban J connectivity index is 1.86. The first-order chi connectivity index (χ1) is 11.5. The Bertz CT molecular complexity index is 973. The van der Waals surface area contributed by atoms with E-state index in [2.05, 4.69) is 9.97 Å². The maximum Gasteiger partial charge on any atom is 0.395 e. The number of hydrogen-bond donors (Lipinski definition) is 2. The molecule has 8 heteroatoms. The highest BCUT2D eigenvalue weighted by atomic mass is 16.6. The molecular weight excluding hydrogens is 314 g/mol. The van der Waals surface area contributed by atoms with Crippen LogP contribution in [0, 0.1) is 10.1 Å². The van der Waals surface area contributed by atoms with Crippen molar-refractivity contribution in [3.8, 4) is 17.2 Å². The average molecular weight is 325 g/mol. The molecule has 0 atom stereocenters. The molecule has 0 bridgehead atoms. The molecule has 0 spiro atoms. The van der Waals surface area contributed by atoms with Crippen molar-refractivity contribution in [1.29, 1.82) is 0 Å². The van der Waals surface area contributed by atoms with Gasteiger partial charge >= 0.3 is 11.2 Å². The summed E-state index contributed by atoms with van der Waals surface area (Å²) >= 11 is 0. The quantitative estimate of drug-likeness (QED) is 0.561. The third-order valence-electron chi connectivity index (χ3n) is 3.17. The minimum absolute atomic E-state index is 0.0271. The van der Waals surface area contributed by atoms with Gasteiger partial charge < -0.3 is 14.5 Å². The monoisotopic (exact) mass is 325 g/mol. The van der Waals surface area contributed by atoms with Crippen molar-refractivity contribution in [3.05, 3.63) is 74.5 Å². The molecule has 3 rings (SSSR count). The maximum absolute atomic E-state index is 11.5. The van der Waals surface area contributed by atoms with Gasteiger partial charge in [-0.3, -0.25) is 14.9 Å². The van der Waals surface area contributed by atoms with Gasteiger partial charge in [-0.25, -0.2) is 0 Å². The summed E-state index contributed by atoms with van der Waals surface area (Å²) < 4.78 is 5.64. The van der Waals surface area contributed by atoms with Gasteiger partial charge in [0, 0.05) is 5.56 Å². The second-order valence-corrected chi connectivity index (χ2v) is 4.78. The molecule has 0 aliphatic rings. The maximum atomic E-state index is 11.5. The van der Waals surface area contributed by atoms with E-state index in [1.165, 1.54) is 12.2 Å². The van der Waals surface area contributed by atoms with E-state index in [-0.39, 0.29) is 5.82 Å². The predicted molar refractivity (Wildman–Crippen MR) is 86.2 cm³/mol. The van der Waals surface area contributed by atoms with Crippen LogP contribution in [0.3, 0.4) is 0 Å². The number of aromatic nitrogens is 2. The van der Waals surface area contributed by atoms with Crippen LogP contribution in [0.4, 0.5) is 5.69 Å². The van der Waals surface area contributed by atoms with Crippen molar-refractivity contribution in [2.45, 2.75) is 0 Å². The number of furan rings is 1. The second-order valence-electron chi connectivity index (χ2n) is 4.78. The predicted octanol–water partition coefficient (Wildman–Crippen LogP) is 2.81. The molecule has 0 aliphatic carbocycles. The molecule has 0 amide bonds. The van der Waals surface area contributed by atoms with Crippen molar-refractivity contribution in [2.75, 3.05) is 0 Å². The van der Waals surface area contributed by atoms with E-state index in [1.54, 1.807) is 12.1 Å². The smallest absolute Gasteiger partial charge is 0.395 e. The SMILES string of the molecule is O=c1[nH]c(/C=C/c2ccc(-c3ccccc3)o2)nc(O)c1[N+](=O)[O-]. The second kappa shape index (κ2) is 6.21. The van der Waals surface area contributed by atoms with Crippen LogP contribution in [0.15, 0.2) is 51.7 Å². The molecule has 0 saturated heterocycles. The van der Waals surface area contributed by atoms with Crippen LogP contribution >= 0.6 is 0 Å². The molecule has 2 heterocycles. The fraction of sp³-hybridized carbons (Fsp3) is 0. The standard InChI is InChI=1S/C16H11N3O5/c20-15-14(19(22)23)16(21)18-13(17-15)9-7-11-6-8-12(24-11)10-4-2-1-3-5-10/h1-9H,(H2,17,18,20,21)/b9-7+. The van der Waals surface area contributed by atoms with Gasteiger partial charge in [0.05, 0.1) is 4.92 Å². The van der Waals surface area contributed by atoms with E-state index in [4.69, 9.17) is 4.42 Å². The molecule has 1 aromatic carbocycles. The van der Waals surface area contributed by atoms with Crippen LogP contribution in [0.25, 0.3) is 23.5 Å². The fourth-order valence-corrected chi connectivity index (χ4v) is 2.08. The zero-order chi connectivity index (χ0) is 17.1. The number of nitro groups is 1. The van der Waals surface area contributed by atoms with Crippen LogP contribution in [0.2, 0.25) is 0 Å². The Morgan fingerprint density at radius 3 is 2.58 bits per heavy atom. The van der Waals surface area contributed by atoms with Gasteiger partial charge in [-0.05, 0) is 24.3 Å². The molecular formula is C16H11N3O5. The third kappa shape index (κ3) is 3.07. The van der Waals surface area contributed by atoms with Crippen molar-refractivity contribution in [2.24, 2.45) is 0 Å². The lowest BCUT2D eigenvalue weighted by Crippen LogP contribution is -2.14. The molecule has 8 nitrogen and oxygen atoms in total. The first-order valence-electron chi connectivity index (χ1n) is 6.85. The van der Waals surface area contributed by atoms with Crippen molar-refractivity contribution in [1.82, 2.24) is 9.97 Å². The average Bonchev–Trinajstić information content (AvgIpc) is 3.02. The number of nitrogens with one attached hydrogen (secondary N) is 1. The first kappa shape index (κ1) is 15.2. The normalized spacial score (nSPS) is 11.0. The van der Waals surface area contributed by atoms with Gasteiger partial charge in [0.25, 0.3) is 5.88 Å². The van der Waals surface area contributed by atoms with E-state index in [9.17, 15) is 20.0 Å². The number of aromatic hydroxyl groups is 1. The highest BCUT2D eigenvalue weighted by molar-refractivity contribution is 5.67. The Hall–Kier alpha value is -3.68. The minimum atomic E-state index is -1.03. The molecule has 0 aliphatic heterocycles. The van der Waals surface area contributed by atoms with Gasteiger partial charge in [0.15, 0.2) is 0 Å². The van der Waals surface area contributed by atoms with E-state index in [0.29, 0.717) is 11.5 Å². The zero-order valence-electron chi connectivity index (χ0n) is 12.2. The van der Waals surface area contributed by atoms with Crippen molar-refractivity contribution >= 4 is 17.8 Å². The van der Waals surface area contributed by atoms with Gasteiger partial charge in [0.1, 0.15) is 17.3 Å². The molecule has 0 saturated carbocycles. The number of benzene rings is 1. The Morgan fingerprint density at radius 2 is 1.92 bits per heavy atom. The molecule has 2 aromatic heterocycles. The number of nitrogens with zero attached hydrogens (tertiary/aromatic N) is 2. The van der Waals surface area contributed by atoms with E-state index in [0.717, 1.165) is 5.56 Å². The number of aromatic amines is 1. The number of H-pyrrole nitrogens is 1. The van der Waals surface area contributed by atoms with Gasteiger partial charge in [0.2, 0.25) is 0 Å². The summed E-state index contributed by atoms with van der Waals surface area (Å²) in [6.45, 7) is 0. The molecule has 0 fully saturated rings. The summed E-state index contributed by atoms with van der Waals surface area (Å²) in [6, 6.07) is 13.0. The number of rotatable bonds is 4. The lowest BCUT2D eigenvalue weighted by Gasteiger charge is -1.96. The Kier molecular flexibility index (Phi) is 3.94. The van der Waals surface area contributed by atoms with Crippen LogP contribution in [-0.2, 0) is 0 Å². The minimum Gasteiger partial charge on any atom is -0.488 e. The summed E-state index contributed by atoms with van der Waals surface area (Å²) in [7, 11) is 0. The fourth-order valence-electron chi connectivity index (χ4n) is 2.08. The lowest BCUT2D eigenvalue weighted by atomic mass is 10.2. The number of hydrogen-bond acceptors (Lipinski definition) is 6. The highest BCUT2D eigenvalue weighted by Gasteiger charge is 2.21. The largest absolute Gasteiger partial charge is 0.488 e. The Morgan fingerprint density at radius 1 is 1.17 bits per heavy atom. The van der Waals surface area contributed by atoms with Gasteiger partial charge in [-0.15, -0.1) is 0 Å². The van der Waals surface area contributed by atoms with E-state index < -0.39 is 22.0 Å². The first-order valence-corrected chi connectivity index (χ1v) is 6.85. The van der Waals surface area contributed by atoms with Gasteiger partial charge in [-0.1, -0.05) is 30.3 Å². The van der Waals surface area contributed by atoms with Crippen LogP contribution in [-0.4, -0.2) is 20.0 Å². The molecule has 2 N–H and O–H groups in total. The molecule has 0 unspecified atom stereocenters. The molecule has 24 heavy (non-hydrogen) atoms. The zero-order valence-corrected chi connectivity index (χ0v) is 12.2. The molecule has 0 radical (unpaired) electrons. The van der Waals surface area contributed by atoms with Crippen molar-refractivity contribution < 1.29 is 14.4 Å². The summed E-state index contributed by atoms with van der Waals surface area (Å²) in [5.74, 6) is 0.200. The summed E-state index contributed by atoms with van der Waals surface area (Å²) in [5, 5.41) is 20.1. The van der Waals surface area contributed by atoms with Crippen molar-refractivity contribution in [3.63, 3.8) is 0 Å². The van der Waals surface area contributed by atoms with E-state index >= 15 is 0 Å². The van der Waals surface area contributed by atoms with Crippen LogP contribution in [0.5, 0.6) is 5.88 Å². The lowest BCUT2D eigenvalue weighted by molar-refractivity contribution is -0.387. The molecule has 3 aromatic rings. The van der Waals surface area contributed by atoms with Crippen LogP contribution in [0.1, 0.15) is 11.6 Å². The summed E-state index contributed by atoms with van der Waals surface area (Å²) in [6.07, 6.45) is 2.90. The van der Waals surface area contributed by atoms with Crippen LogP contribution < -0.4 is 5.56 Å². The van der Waals surface area contributed by atoms with Gasteiger partial charge in [-0.2, -0.15) is 4.98 Å². The highest BCUT2D eigenvalue weighted by Crippen LogP contribution is 2.23. The summed E-state index contributed by atoms with van der Waals surface area (Å²) in [4.78, 5) is 27.0. The topological polar surface area (TPSA) is 122 Å². The van der Waals surface area contributed by atoms with E-state index in [1.807, 2.05) is 30.3 Å². The summed E-state index contributed by atoms with van der Waals surface area (Å²) in [5.41, 5.74) is -1.11. The third-order valence-corrected chi connectivity index (χ3v) is 3.17. The molecule has 120 valence electrons.